The molecule has 1 aliphatic heterocycles. The van der Waals surface area contributed by atoms with Crippen molar-refractivity contribution in [2.24, 2.45) is 5.73 Å². The van der Waals surface area contributed by atoms with Gasteiger partial charge in [-0.25, -0.2) is 4.68 Å². The minimum absolute atomic E-state index is 0.374. The van der Waals surface area contributed by atoms with Crippen molar-refractivity contribution >= 4 is 23.5 Å². The summed E-state index contributed by atoms with van der Waals surface area (Å²) < 4.78 is 12.3. The van der Waals surface area contributed by atoms with Crippen molar-refractivity contribution in [3.05, 3.63) is 64.3 Å². The lowest BCUT2D eigenvalue weighted by atomic mass is 9.95. The fraction of sp³-hybridized carbons (Fsp3) is 0.190. The Morgan fingerprint density at radius 3 is 2.57 bits per heavy atom. The number of carbonyl (C=O) groups excluding carboxylic acids is 1. The molecule has 2 heterocycles. The van der Waals surface area contributed by atoms with Gasteiger partial charge < -0.3 is 20.5 Å². The number of nitrogens with one attached hydrogen (secondary N) is 1. The van der Waals surface area contributed by atoms with Gasteiger partial charge in [-0.2, -0.15) is 4.98 Å². The van der Waals surface area contributed by atoms with Crippen molar-refractivity contribution in [3.63, 3.8) is 0 Å². The van der Waals surface area contributed by atoms with E-state index >= 15 is 0 Å². The Bertz CT molecular complexity index is 1170. The summed E-state index contributed by atoms with van der Waals surface area (Å²) >= 11 is 6.45. The number of fused-ring (bicyclic) bond motifs is 1. The van der Waals surface area contributed by atoms with Gasteiger partial charge in [-0.05, 0) is 31.2 Å². The number of nitrogens with zero attached hydrogens (tertiary/aromatic N) is 3. The Kier molecular flexibility index (Phi) is 5.09. The van der Waals surface area contributed by atoms with Gasteiger partial charge in [0.05, 0.1) is 19.8 Å². The number of anilines is 1. The van der Waals surface area contributed by atoms with Crippen LogP contribution < -0.4 is 20.5 Å². The molecule has 0 unspecified atom stereocenters. The molecule has 2 aromatic carbocycles. The molecule has 30 heavy (non-hydrogen) atoms. The number of rotatable bonds is 5. The number of hydrogen-bond acceptors (Lipinski definition) is 6. The maximum absolute atomic E-state index is 12.3. The molecule has 0 saturated heterocycles. The Morgan fingerprint density at radius 1 is 1.17 bits per heavy atom. The van der Waals surface area contributed by atoms with Crippen LogP contribution in [0.1, 0.15) is 18.5 Å². The molecule has 8 nitrogen and oxygen atoms in total. The van der Waals surface area contributed by atoms with Crippen LogP contribution in [0.3, 0.4) is 0 Å². The molecule has 1 atom stereocenters. The van der Waals surface area contributed by atoms with Crippen LogP contribution in [0.2, 0.25) is 5.02 Å². The standard InChI is InChI=1S/C21H20ClN5O3/c1-11-17(19(23)28)18(13-6-4-5-7-14(13)22)27-21(24-11)25-20(26-27)12-8-9-15(29-2)16(10-12)30-3/h4-10,18H,1-3H3,(H2,23,28)(H,24,25,26)/t18-/m1/s1. The number of benzene rings is 2. The Morgan fingerprint density at radius 2 is 1.90 bits per heavy atom. The van der Waals surface area contributed by atoms with Crippen LogP contribution in [0.25, 0.3) is 11.4 Å². The van der Waals surface area contributed by atoms with Crippen LogP contribution in [-0.4, -0.2) is 34.9 Å². The SMILES string of the molecule is COc1ccc(-c2nc3n(n2)[C@H](c2ccccc2Cl)C(C(N)=O)=C(C)N3)cc1OC. The Labute approximate surface area is 178 Å². The number of allylic oxidation sites excluding steroid dienone is 1. The number of methoxy groups -OCH3 is 2. The van der Waals surface area contributed by atoms with E-state index in [2.05, 4.69) is 15.4 Å². The molecule has 0 fully saturated rings. The third kappa shape index (κ3) is 3.25. The van der Waals surface area contributed by atoms with Gasteiger partial charge in [0.15, 0.2) is 17.3 Å². The lowest BCUT2D eigenvalue weighted by Crippen LogP contribution is -2.32. The lowest BCUT2D eigenvalue weighted by molar-refractivity contribution is -0.115. The van der Waals surface area contributed by atoms with E-state index in [1.165, 1.54) is 0 Å². The Hall–Kier alpha value is -3.52. The van der Waals surface area contributed by atoms with E-state index in [1.807, 2.05) is 24.3 Å². The van der Waals surface area contributed by atoms with Crippen molar-refractivity contribution in [1.29, 1.82) is 0 Å². The van der Waals surface area contributed by atoms with Crippen molar-refractivity contribution in [2.75, 3.05) is 19.5 Å². The van der Waals surface area contributed by atoms with Gasteiger partial charge in [-0.15, -0.1) is 5.10 Å². The molecule has 0 aliphatic carbocycles. The number of aromatic nitrogens is 3. The minimum Gasteiger partial charge on any atom is -0.493 e. The molecule has 0 radical (unpaired) electrons. The zero-order valence-corrected chi connectivity index (χ0v) is 17.4. The number of hydrogen-bond donors (Lipinski definition) is 2. The molecule has 3 aromatic rings. The molecule has 0 saturated carbocycles. The van der Waals surface area contributed by atoms with Crippen molar-refractivity contribution in [3.8, 4) is 22.9 Å². The highest BCUT2D eigenvalue weighted by Gasteiger charge is 2.34. The third-order valence-corrected chi connectivity index (χ3v) is 5.30. The van der Waals surface area contributed by atoms with E-state index in [4.69, 9.17) is 26.8 Å². The normalized spacial score (nSPS) is 15.4. The first-order valence-electron chi connectivity index (χ1n) is 9.15. The number of nitrogens with two attached hydrogens (primary N) is 1. The lowest BCUT2D eigenvalue weighted by Gasteiger charge is -2.28. The molecule has 9 heteroatoms. The van der Waals surface area contributed by atoms with Crippen LogP contribution in [0, 0.1) is 0 Å². The molecule has 1 aromatic heterocycles. The average Bonchev–Trinajstić information content (AvgIpc) is 3.16. The van der Waals surface area contributed by atoms with E-state index in [0.717, 1.165) is 5.56 Å². The monoisotopic (exact) mass is 425 g/mol. The minimum atomic E-state index is -0.603. The van der Waals surface area contributed by atoms with Gasteiger partial charge in [-0.1, -0.05) is 29.8 Å². The predicted molar refractivity (Wildman–Crippen MR) is 114 cm³/mol. The molecule has 0 bridgehead atoms. The highest BCUT2D eigenvalue weighted by atomic mass is 35.5. The van der Waals surface area contributed by atoms with E-state index in [9.17, 15) is 4.79 Å². The van der Waals surface area contributed by atoms with Crippen molar-refractivity contribution in [1.82, 2.24) is 14.8 Å². The summed E-state index contributed by atoms with van der Waals surface area (Å²) in [7, 11) is 3.14. The summed E-state index contributed by atoms with van der Waals surface area (Å²) in [5, 5.41) is 8.29. The van der Waals surface area contributed by atoms with Crippen LogP contribution >= 0.6 is 11.6 Å². The van der Waals surface area contributed by atoms with Gasteiger partial charge in [-0.3, -0.25) is 4.79 Å². The molecule has 0 spiro atoms. The number of primary amides is 1. The van der Waals surface area contributed by atoms with E-state index in [1.54, 1.807) is 44.0 Å². The highest BCUT2D eigenvalue weighted by molar-refractivity contribution is 6.31. The average molecular weight is 426 g/mol. The smallest absolute Gasteiger partial charge is 0.248 e. The summed E-state index contributed by atoms with van der Waals surface area (Å²) in [6.45, 7) is 1.78. The van der Waals surface area contributed by atoms with Crippen LogP contribution in [0.5, 0.6) is 11.5 Å². The van der Waals surface area contributed by atoms with E-state index in [-0.39, 0.29) is 0 Å². The summed E-state index contributed by atoms with van der Waals surface area (Å²) in [6.07, 6.45) is 0. The predicted octanol–water partition coefficient (Wildman–Crippen LogP) is 3.39. The van der Waals surface area contributed by atoms with Gasteiger partial charge in [0.2, 0.25) is 11.9 Å². The molecular formula is C21H20ClN5O3. The maximum atomic E-state index is 12.3. The fourth-order valence-corrected chi connectivity index (χ4v) is 3.79. The summed E-state index contributed by atoms with van der Waals surface area (Å²) in [6, 6.07) is 12.1. The van der Waals surface area contributed by atoms with Gasteiger partial charge in [0.1, 0.15) is 6.04 Å². The Balaban J connectivity index is 1.87. The summed E-state index contributed by atoms with van der Waals surface area (Å²) in [5.41, 5.74) is 8.12. The first kappa shape index (κ1) is 19.8. The first-order valence-corrected chi connectivity index (χ1v) is 9.53. The van der Waals surface area contributed by atoms with Gasteiger partial charge in [0, 0.05) is 21.8 Å². The maximum Gasteiger partial charge on any atom is 0.248 e. The second-order valence-electron chi connectivity index (χ2n) is 6.73. The van der Waals surface area contributed by atoms with Gasteiger partial charge >= 0.3 is 0 Å². The largest absolute Gasteiger partial charge is 0.493 e. The zero-order chi connectivity index (χ0) is 21.4. The number of carbonyl (C=O) groups is 1. The molecule has 4 rings (SSSR count). The third-order valence-electron chi connectivity index (χ3n) is 4.96. The first-order chi connectivity index (χ1) is 14.4. The topological polar surface area (TPSA) is 104 Å². The zero-order valence-electron chi connectivity index (χ0n) is 16.6. The quantitative estimate of drug-likeness (QED) is 0.649. The second-order valence-corrected chi connectivity index (χ2v) is 7.13. The van der Waals surface area contributed by atoms with Crippen molar-refractivity contribution in [2.45, 2.75) is 13.0 Å². The number of ether oxygens (including phenoxy) is 2. The van der Waals surface area contributed by atoms with E-state index < -0.39 is 11.9 Å². The van der Waals surface area contributed by atoms with Crippen LogP contribution in [0.4, 0.5) is 5.95 Å². The van der Waals surface area contributed by atoms with Gasteiger partial charge in [0.25, 0.3) is 0 Å². The molecule has 1 aliphatic rings. The fourth-order valence-electron chi connectivity index (χ4n) is 3.55. The van der Waals surface area contributed by atoms with E-state index in [0.29, 0.717) is 45.1 Å². The molecular weight excluding hydrogens is 406 g/mol. The number of halogens is 1. The molecule has 1 amide bonds. The second kappa shape index (κ2) is 7.72. The summed E-state index contributed by atoms with van der Waals surface area (Å²) in [4.78, 5) is 16.9. The van der Waals surface area contributed by atoms with Crippen molar-refractivity contribution < 1.29 is 14.3 Å². The summed E-state index contributed by atoms with van der Waals surface area (Å²) in [5.74, 6) is 1.54. The highest BCUT2D eigenvalue weighted by Crippen LogP contribution is 2.39. The van der Waals surface area contributed by atoms with Crippen LogP contribution in [0.15, 0.2) is 53.7 Å². The number of amides is 1. The molecule has 3 N–H and O–H groups in total. The molecule has 154 valence electrons. The van der Waals surface area contributed by atoms with Crippen LogP contribution in [-0.2, 0) is 4.79 Å².